The number of hydrogen-bond acceptors (Lipinski definition) is 4. The van der Waals surface area contributed by atoms with Crippen LogP contribution < -0.4 is 0 Å². The van der Waals surface area contributed by atoms with E-state index < -0.39 is 23.6 Å². The number of carbonyl (C=O) groups excluding carboxylic acids is 1. The molecule has 0 radical (unpaired) electrons. The van der Waals surface area contributed by atoms with Crippen molar-refractivity contribution in [1.82, 2.24) is 15.1 Å². The van der Waals surface area contributed by atoms with Crippen molar-refractivity contribution in [3.05, 3.63) is 71.6 Å². The normalized spacial score (nSPS) is 17.4. The van der Waals surface area contributed by atoms with Gasteiger partial charge in [-0.05, 0) is 43.2 Å². The van der Waals surface area contributed by atoms with E-state index >= 15 is 0 Å². The lowest BCUT2D eigenvalue weighted by Gasteiger charge is -2.27. The molecule has 0 saturated carbocycles. The van der Waals surface area contributed by atoms with Gasteiger partial charge in [-0.2, -0.15) is 0 Å². The molecule has 0 bridgehead atoms. The second-order valence-electron chi connectivity index (χ2n) is 6.80. The van der Waals surface area contributed by atoms with Crippen LogP contribution in [0.15, 0.2) is 52.9 Å². The Bertz CT molecular complexity index is 975. The lowest BCUT2D eigenvalue weighted by atomic mass is 10.1. The van der Waals surface area contributed by atoms with Crippen LogP contribution in [0.5, 0.6) is 0 Å². The molecule has 3 aromatic rings. The van der Waals surface area contributed by atoms with Crippen molar-refractivity contribution in [2.24, 2.45) is 0 Å². The highest BCUT2D eigenvalue weighted by atomic mass is 19.1. The average molecular weight is 383 g/mol. The zero-order chi connectivity index (χ0) is 19.5. The second kappa shape index (κ2) is 7.88. The quantitative estimate of drug-likeness (QED) is 0.654. The van der Waals surface area contributed by atoms with Crippen molar-refractivity contribution in [2.45, 2.75) is 31.7 Å². The zero-order valence-corrected chi connectivity index (χ0v) is 15.1. The van der Waals surface area contributed by atoms with Crippen LogP contribution in [-0.4, -0.2) is 27.5 Å². The molecular weight excluding hydrogens is 364 g/mol. The maximum Gasteiger partial charge on any atom is 0.257 e. The summed E-state index contributed by atoms with van der Waals surface area (Å²) in [6.07, 6.45) is 3.21. The third-order valence-electron chi connectivity index (χ3n) is 4.92. The van der Waals surface area contributed by atoms with Crippen molar-refractivity contribution in [1.29, 1.82) is 0 Å². The van der Waals surface area contributed by atoms with Crippen molar-refractivity contribution in [3.63, 3.8) is 0 Å². The second-order valence-corrected chi connectivity index (χ2v) is 6.80. The van der Waals surface area contributed by atoms with Crippen LogP contribution >= 0.6 is 0 Å². The molecule has 1 unspecified atom stereocenters. The number of halogens is 2. The van der Waals surface area contributed by atoms with E-state index in [-0.39, 0.29) is 5.56 Å². The summed E-state index contributed by atoms with van der Waals surface area (Å²) < 4.78 is 33.6. The number of hydrogen-bond donors (Lipinski definition) is 0. The van der Waals surface area contributed by atoms with Gasteiger partial charge < -0.3 is 9.32 Å². The molecule has 2 aromatic carbocycles. The molecule has 5 nitrogen and oxygen atoms in total. The Kier molecular flexibility index (Phi) is 5.14. The Morgan fingerprint density at radius 1 is 1.04 bits per heavy atom. The predicted octanol–water partition coefficient (Wildman–Crippen LogP) is 4.77. The Balaban J connectivity index is 1.67. The molecule has 1 saturated heterocycles. The maximum atomic E-state index is 14.2. The maximum absolute atomic E-state index is 14.2. The molecule has 1 aliphatic heterocycles. The summed E-state index contributed by atoms with van der Waals surface area (Å²) in [7, 11) is 0. The predicted molar refractivity (Wildman–Crippen MR) is 98.3 cm³/mol. The zero-order valence-electron chi connectivity index (χ0n) is 15.1. The van der Waals surface area contributed by atoms with E-state index in [1.54, 1.807) is 0 Å². The van der Waals surface area contributed by atoms with Crippen LogP contribution in [0.3, 0.4) is 0 Å². The highest BCUT2D eigenvalue weighted by molar-refractivity contribution is 5.94. The van der Waals surface area contributed by atoms with E-state index in [4.69, 9.17) is 4.42 Å². The molecule has 2 heterocycles. The molecule has 4 rings (SSSR count). The van der Waals surface area contributed by atoms with Crippen LogP contribution in [0, 0.1) is 11.6 Å². The fraction of sp³-hybridized carbons (Fsp3) is 0.286. The van der Waals surface area contributed by atoms with Crippen LogP contribution in [0.4, 0.5) is 8.78 Å². The van der Waals surface area contributed by atoms with Crippen molar-refractivity contribution in [3.8, 4) is 11.5 Å². The summed E-state index contributed by atoms with van der Waals surface area (Å²) in [5.41, 5.74) is 0.499. The van der Waals surface area contributed by atoms with Gasteiger partial charge in [0.05, 0.1) is 5.56 Å². The topological polar surface area (TPSA) is 59.2 Å². The number of likely N-dealkylation sites (tertiary alicyclic amines) is 1. The van der Waals surface area contributed by atoms with Gasteiger partial charge >= 0.3 is 0 Å². The highest BCUT2D eigenvalue weighted by Gasteiger charge is 2.32. The van der Waals surface area contributed by atoms with Gasteiger partial charge in [0.25, 0.3) is 5.91 Å². The minimum atomic E-state index is -0.745. The molecule has 0 spiro atoms. The Hall–Kier alpha value is -3.09. The summed E-state index contributed by atoms with van der Waals surface area (Å²) in [5.74, 6) is -1.29. The summed E-state index contributed by atoms with van der Waals surface area (Å²) >= 11 is 0. The number of aromatic nitrogens is 2. The first kappa shape index (κ1) is 18.3. The van der Waals surface area contributed by atoms with Gasteiger partial charge in [-0.25, -0.2) is 8.78 Å². The van der Waals surface area contributed by atoms with Crippen LogP contribution in [-0.2, 0) is 0 Å². The SMILES string of the molecule is O=C(c1cc(F)ccc1F)N1CCCCCC1c1nnc(-c2ccccc2)o1. The monoisotopic (exact) mass is 383 g/mol. The standard InChI is InChI=1S/C21H19F2N3O2/c22-15-10-11-17(23)16(13-15)21(27)26-12-6-2-5-9-18(26)20-25-24-19(28-20)14-7-3-1-4-8-14/h1,3-4,7-8,10-11,13,18H,2,5-6,9,12H2. The molecule has 1 atom stereocenters. The largest absolute Gasteiger partial charge is 0.418 e. The number of carbonyl (C=O) groups is 1. The van der Waals surface area contributed by atoms with Crippen molar-refractivity contribution < 1.29 is 18.0 Å². The van der Waals surface area contributed by atoms with Crippen LogP contribution in [0.25, 0.3) is 11.5 Å². The number of nitrogens with zero attached hydrogens (tertiary/aromatic N) is 3. The fourth-order valence-electron chi connectivity index (χ4n) is 3.49. The van der Waals surface area contributed by atoms with Crippen LogP contribution in [0.2, 0.25) is 0 Å². The average Bonchev–Trinajstić information content (AvgIpc) is 3.08. The number of rotatable bonds is 3. The molecule has 0 aliphatic carbocycles. The van der Waals surface area contributed by atoms with Crippen molar-refractivity contribution >= 4 is 5.91 Å². The summed E-state index contributed by atoms with van der Waals surface area (Å²) in [4.78, 5) is 14.5. The molecule has 144 valence electrons. The molecule has 1 aromatic heterocycles. The third-order valence-corrected chi connectivity index (χ3v) is 4.92. The lowest BCUT2D eigenvalue weighted by Crippen LogP contribution is -2.35. The molecule has 7 heteroatoms. The van der Waals surface area contributed by atoms with E-state index in [0.29, 0.717) is 24.7 Å². The number of benzene rings is 2. The molecule has 0 N–H and O–H groups in total. The molecule has 28 heavy (non-hydrogen) atoms. The van der Waals surface area contributed by atoms with Gasteiger partial charge in [0.2, 0.25) is 11.8 Å². The fourth-order valence-corrected chi connectivity index (χ4v) is 3.49. The van der Waals surface area contributed by atoms with E-state index in [9.17, 15) is 13.6 Å². The van der Waals surface area contributed by atoms with E-state index in [1.807, 2.05) is 30.3 Å². The summed E-state index contributed by atoms with van der Waals surface area (Å²) in [6, 6.07) is 11.8. The number of amides is 1. The first-order chi connectivity index (χ1) is 13.6. The lowest BCUT2D eigenvalue weighted by molar-refractivity contribution is 0.0647. The first-order valence-corrected chi connectivity index (χ1v) is 9.28. The van der Waals surface area contributed by atoms with Crippen LogP contribution in [0.1, 0.15) is 48.0 Å². The Labute approximate surface area is 161 Å². The van der Waals surface area contributed by atoms with E-state index in [2.05, 4.69) is 10.2 Å². The van der Waals surface area contributed by atoms with Gasteiger partial charge in [-0.3, -0.25) is 4.79 Å². The summed E-state index contributed by atoms with van der Waals surface area (Å²) in [6.45, 7) is 0.419. The van der Waals surface area contributed by atoms with E-state index in [1.165, 1.54) is 4.90 Å². The van der Waals surface area contributed by atoms with Gasteiger partial charge in [0.15, 0.2) is 0 Å². The Morgan fingerprint density at radius 3 is 2.68 bits per heavy atom. The van der Waals surface area contributed by atoms with Gasteiger partial charge in [0, 0.05) is 12.1 Å². The van der Waals surface area contributed by atoms with E-state index in [0.717, 1.165) is 43.0 Å². The van der Waals surface area contributed by atoms with Gasteiger partial charge in [0.1, 0.15) is 17.7 Å². The smallest absolute Gasteiger partial charge is 0.257 e. The first-order valence-electron chi connectivity index (χ1n) is 9.28. The Morgan fingerprint density at radius 2 is 1.86 bits per heavy atom. The molecule has 1 fully saturated rings. The van der Waals surface area contributed by atoms with Gasteiger partial charge in [-0.15, -0.1) is 10.2 Å². The van der Waals surface area contributed by atoms with Gasteiger partial charge in [-0.1, -0.05) is 31.0 Å². The molecular formula is C21H19F2N3O2. The highest BCUT2D eigenvalue weighted by Crippen LogP contribution is 2.32. The van der Waals surface area contributed by atoms with Crippen molar-refractivity contribution in [2.75, 3.05) is 6.54 Å². The minimum absolute atomic E-state index is 0.283. The minimum Gasteiger partial charge on any atom is -0.418 e. The molecule has 1 aliphatic rings. The molecule has 1 amide bonds. The third kappa shape index (κ3) is 3.65. The summed E-state index contributed by atoms with van der Waals surface area (Å²) in [5, 5.41) is 8.25.